The number of hydrogen-bond acceptors (Lipinski definition) is 3. The highest BCUT2D eigenvalue weighted by atomic mass is 15.3. The molecule has 1 aromatic heterocycles. The Balaban J connectivity index is 2.47. The topological polar surface area (TPSA) is 37.3 Å². The lowest BCUT2D eigenvalue weighted by molar-refractivity contribution is 0.982. The smallest absolute Gasteiger partial charge is 0.146 e. The highest BCUT2D eigenvalue weighted by Gasteiger charge is 1.90. The zero-order chi connectivity index (χ0) is 9.52. The molecule has 0 saturated heterocycles. The molecule has 0 atom stereocenters. The van der Waals surface area contributed by atoms with Gasteiger partial charge in [-0.2, -0.15) is 5.10 Å². The van der Waals surface area contributed by atoms with Gasteiger partial charge in [0.2, 0.25) is 0 Å². The fourth-order valence-corrected chi connectivity index (χ4v) is 0.999. The fraction of sp³-hybridized carbons (Fsp3) is 0.400. The Morgan fingerprint density at radius 3 is 3.00 bits per heavy atom. The van der Waals surface area contributed by atoms with Crippen LogP contribution in [0.2, 0.25) is 0 Å². The minimum Gasteiger partial charge on any atom is -0.261 e. The summed E-state index contributed by atoms with van der Waals surface area (Å²) in [5.41, 5.74) is 4.01. The molecule has 0 saturated carbocycles. The molecule has 0 spiro atoms. The zero-order valence-electron chi connectivity index (χ0n) is 8.12. The molecule has 1 N–H and O–H groups in total. The van der Waals surface area contributed by atoms with Gasteiger partial charge in [-0.25, -0.2) is 4.98 Å². The van der Waals surface area contributed by atoms with Crippen molar-refractivity contribution in [2.75, 3.05) is 5.43 Å². The van der Waals surface area contributed by atoms with Crippen LogP contribution >= 0.6 is 0 Å². The number of hydrogen-bond donors (Lipinski definition) is 1. The van der Waals surface area contributed by atoms with Gasteiger partial charge in [0.25, 0.3) is 0 Å². The lowest BCUT2D eigenvalue weighted by atomic mass is 10.2. The molecule has 1 rings (SSSR count). The van der Waals surface area contributed by atoms with Crippen LogP contribution in [0.25, 0.3) is 0 Å². The molecule has 13 heavy (non-hydrogen) atoms. The van der Waals surface area contributed by atoms with Gasteiger partial charge in [-0.05, 0) is 25.5 Å². The first-order valence-electron chi connectivity index (χ1n) is 4.53. The molecule has 1 heterocycles. The van der Waals surface area contributed by atoms with Crippen LogP contribution in [-0.2, 0) is 0 Å². The van der Waals surface area contributed by atoms with E-state index in [1.807, 2.05) is 25.1 Å². The van der Waals surface area contributed by atoms with Gasteiger partial charge in [-0.15, -0.1) is 0 Å². The third kappa shape index (κ3) is 3.69. The molecule has 0 radical (unpaired) electrons. The Labute approximate surface area is 78.9 Å². The molecule has 0 aliphatic rings. The molecular weight excluding hydrogens is 162 g/mol. The van der Waals surface area contributed by atoms with Crippen molar-refractivity contribution in [3.8, 4) is 0 Å². The van der Waals surface area contributed by atoms with Crippen molar-refractivity contribution in [2.24, 2.45) is 5.10 Å². The Morgan fingerprint density at radius 2 is 2.38 bits per heavy atom. The predicted molar refractivity (Wildman–Crippen MR) is 55.9 cm³/mol. The van der Waals surface area contributed by atoms with E-state index in [2.05, 4.69) is 22.4 Å². The van der Waals surface area contributed by atoms with E-state index in [1.165, 1.54) is 0 Å². The summed E-state index contributed by atoms with van der Waals surface area (Å²) in [4.78, 5) is 4.09. The fourth-order valence-electron chi connectivity index (χ4n) is 0.999. The highest BCUT2D eigenvalue weighted by molar-refractivity contribution is 5.82. The van der Waals surface area contributed by atoms with Crippen LogP contribution in [0.5, 0.6) is 0 Å². The molecule has 3 nitrogen and oxygen atoms in total. The number of anilines is 1. The highest BCUT2D eigenvalue weighted by Crippen LogP contribution is 2.00. The second-order valence-electron chi connectivity index (χ2n) is 2.92. The second-order valence-corrected chi connectivity index (χ2v) is 2.92. The summed E-state index contributed by atoms with van der Waals surface area (Å²) in [6.07, 6.45) is 3.89. The van der Waals surface area contributed by atoms with Crippen molar-refractivity contribution < 1.29 is 0 Å². The van der Waals surface area contributed by atoms with Gasteiger partial charge in [0.1, 0.15) is 5.82 Å². The van der Waals surface area contributed by atoms with Gasteiger partial charge in [-0.3, -0.25) is 5.43 Å². The molecule has 0 bridgehead atoms. The van der Waals surface area contributed by atoms with Crippen LogP contribution in [0.4, 0.5) is 5.82 Å². The van der Waals surface area contributed by atoms with E-state index >= 15 is 0 Å². The summed E-state index contributed by atoms with van der Waals surface area (Å²) >= 11 is 0. The molecule has 70 valence electrons. The minimum absolute atomic E-state index is 0.790. The third-order valence-corrected chi connectivity index (χ3v) is 1.64. The number of hydrazone groups is 1. The Kier molecular flexibility index (Phi) is 3.96. The van der Waals surface area contributed by atoms with Crippen molar-refractivity contribution in [1.29, 1.82) is 0 Å². The maximum Gasteiger partial charge on any atom is 0.146 e. The van der Waals surface area contributed by atoms with Gasteiger partial charge in [0.15, 0.2) is 0 Å². The number of pyridine rings is 1. The largest absolute Gasteiger partial charge is 0.261 e. The van der Waals surface area contributed by atoms with Crippen LogP contribution in [0.15, 0.2) is 29.5 Å². The van der Waals surface area contributed by atoms with E-state index in [-0.39, 0.29) is 0 Å². The van der Waals surface area contributed by atoms with E-state index < -0.39 is 0 Å². The molecule has 0 unspecified atom stereocenters. The monoisotopic (exact) mass is 177 g/mol. The molecular formula is C10H15N3. The normalized spacial score (nSPS) is 11.4. The summed E-state index contributed by atoms with van der Waals surface area (Å²) in [5, 5.41) is 4.19. The Bertz CT molecular complexity index is 267. The van der Waals surface area contributed by atoms with E-state index in [0.29, 0.717) is 0 Å². The van der Waals surface area contributed by atoms with Crippen LogP contribution < -0.4 is 5.43 Å². The standard InChI is InChI=1S/C10H15N3/c1-3-6-9(2)12-13-10-7-4-5-8-11-10/h4-5,7-8H,3,6H2,1-2H3,(H,11,13). The number of aromatic nitrogens is 1. The third-order valence-electron chi connectivity index (χ3n) is 1.64. The summed E-state index contributed by atoms with van der Waals surface area (Å²) in [5.74, 6) is 0.790. The number of nitrogens with one attached hydrogen (secondary N) is 1. The lowest BCUT2D eigenvalue weighted by Gasteiger charge is -2.00. The summed E-state index contributed by atoms with van der Waals surface area (Å²) in [7, 11) is 0. The van der Waals surface area contributed by atoms with Gasteiger partial charge in [0.05, 0.1) is 0 Å². The van der Waals surface area contributed by atoms with Gasteiger partial charge >= 0.3 is 0 Å². The molecule has 0 aliphatic heterocycles. The molecule has 0 aliphatic carbocycles. The van der Waals surface area contributed by atoms with E-state index in [1.54, 1.807) is 6.20 Å². The van der Waals surface area contributed by atoms with E-state index in [4.69, 9.17) is 0 Å². The lowest BCUT2D eigenvalue weighted by Crippen LogP contribution is -1.97. The molecule has 1 aromatic rings. The van der Waals surface area contributed by atoms with Crippen molar-refractivity contribution >= 4 is 11.5 Å². The first-order valence-corrected chi connectivity index (χ1v) is 4.53. The Hall–Kier alpha value is -1.38. The number of rotatable bonds is 4. The average Bonchev–Trinajstić information content (AvgIpc) is 2.17. The maximum absolute atomic E-state index is 4.19. The van der Waals surface area contributed by atoms with Crippen molar-refractivity contribution in [3.63, 3.8) is 0 Å². The van der Waals surface area contributed by atoms with Crippen molar-refractivity contribution in [1.82, 2.24) is 4.98 Å². The second kappa shape index (κ2) is 5.30. The van der Waals surface area contributed by atoms with Gasteiger partial charge < -0.3 is 0 Å². The molecule has 0 aromatic carbocycles. The minimum atomic E-state index is 0.790. The first kappa shape index (κ1) is 9.71. The van der Waals surface area contributed by atoms with Crippen LogP contribution in [-0.4, -0.2) is 10.7 Å². The summed E-state index contributed by atoms with van der Waals surface area (Å²) in [6.45, 7) is 4.15. The van der Waals surface area contributed by atoms with Gasteiger partial charge in [-0.1, -0.05) is 19.4 Å². The number of nitrogens with zero attached hydrogens (tertiary/aromatic N) is 2. The van der Waals surface area contributed by atoms with Crippen LogP contribution in [0.3, 0.4) is 0 Å². The quantitative estimate of drug-likeness (QED) is 0.567. The van der Waals surface area contributed by atoms with Crippen LogP contribution in [0, 0.1) is 0 Å². The average molecular weight is 177 g/mol. The summed E-state index contributed by atoms with van der Waals surface area (Å²) < 4.78 is 0. The zero-order valence-corrected chi connectivity index (χ0v) is 8.12. The Morgan fingerprint density at radius 1 is 1.54 bits per heavy atom. The van der Waals surface area contributed by atoms with E-state index in [0.717, 1.165) is 24.4 Å². The van der Waals surface area contributed by atoms with Crippen LogP contribution in [0.1, 0.15) is 26.7 Å². The predicted octanol–water partition coefficient (Wildman–Crippen LogP) is 2.67. The van der Waals surface area contributed by atoms with Gasteiger partial charge in [0, 0.05) is 11.9 Å². The van der Waals surface area contributed by atoms with Crippen molar-refractivity contribution in [3.05, 3.63) is 24.4 Å². The van der Waals surface area contributed by atoms with Crippen molar-refractivity contribution in [2.45, 2.75) is 26.7 Å². The molecule has 3 heteroatoms. The van der Waals surface area contributed by atoms with E-state index in [9.17, 15) is 0 Å². The molecule has 0 fully saturated rings. The first-order chi connectivity index (χ1) is 6.33. The maximum atomic E-state index is 4.19. The SMILES string of the molecule is CCCC(C)=NNc1ccccn1. The summed E-state index contributed by atoms with van der Waals surface area (Å²) in [6, 6.07) is 5.70. The molecule has 0 amide bonds.